The third kappa shape index (κ3) is 4.18. The van der Waals surface area contributed by atoms with Gasteiger partial charge in [0.25, 0.3) is 0 Å². The molecule has 0 aliphatic heterocycles. The predicted molar refractivity (Wildman–Crippen MR) is 82.9 cm³/mol. The second-order valence-corrected chi connectivity index (χ2v) is 7.25. The third-order valence-electron chi connectivity index (χ3n) is 3.94. The van der Waals surface area contributed by atoms with Crippen LogP contribution in [0.4, 0.5) is 0 Å². The second kappa shape index (κ2) is 7.24. The highest BCUT2D eigenvalue weighted by Gasteiger charge is 2.23. The Hall–Kier alpha value is -1.11. The zero-order valence-corrected chi connectivity index (χ0v) is 13.5. The van der Waals surface area contributed by atoms with Gasteiger partial charge in [0.2, 0.25) is 10.0 Å². The van der Waals surface area contributed by atoms with E-state index in [1.807, 2.05) is 13.1 Å². The molecule has 0 unspecified atom stereocenters. The van der Waals surface area contributed by atoms with Gasteiger partial charge >= 0.3 is 0 Å². The molecule has 0 saturated heterocycles. The quantitative estimate of drug-likeness (QED) is 0.807. The molecule has 0 aromatic heterocycles. The Morgan fingerprint density at radius 1 is 1.29 bits per heavy atom. The van der Waals surface area contributed by atoms with Gasteiger partial charge in [0.05, 0.1) is 7.11 Å². The summed E-state index contributed by atoms with van der Waals surface area (Å²) in [6.07, 6.45) is 4.62. The highest BCUT2D eigenvalue weighted by Crippen LogP contribution is 2.27. The molecule has 0 bridgehead atoms. The van der Waals surface area contributed by atoms with Gasteiger partial charge in [-0.05, 0) is 43.5 Å². The molecule has 6 heteroatoms. The first kappa shape index (κ1) is 16.3. The minimum absolute atomic E-state index is 0.218. The lowest BCUT2D eigenvalue weighted by molar-refractivity contribution is 0.401. The molecule has 2 N–H and O–H groups in total. The average Bonchev–Trinajstić information content (AvgIpc) is 2.99. The minimum Gasteiger partial charge on any atom is -0.495 e. The Morgan fingerprint density at radius 3 is 2.62 bits per heavy atom. The first-order valence-corrected chi connectivity index (χ1v) is 8.86. The summed E-state index contributed by atoms with van der Waals surface area (Å²) in [6.45, 7) is 1.14. The van der Waals surface area contributed by atoms with E-state index >= 15 is 0 Å². The van der Waals surface area contributed by atoms with Gasteiger partial charge < -0.3 is 10.1 Å². The maximum absolute atomic E-state index is 12.5. The van der Waals surface area contributed by atoms with Crippen LogP contribution in [0.5, 0.6) is 5.75 Å². The fourth-order valence-corrected chi connectivity index (χ4v) is 4.10. The first-order valence-electron chi connectivity index (χ1n) is 7.38. The molecule has 0 atom stereocenters. The van der Waals surface area contributed by atoms with Crippen molar-refractivity contribution in [3.8, 4) is 5.75 Å². The van der Waals surface area contributed by atoms with Crippen molar-refractivity contribution in [3.63, 3.8) is 0 Å². The lowest BCUT2D eigenvalue weighted by atomic mass is 10.1. The van der Waals surface area contributed by atoms with Crippen molar-refractivity contribution < 1.29 is 13.2 Å². The molecule has 2 rings (SSSR count). The zero-order chi connectivity index (χ0) is 15.3. The predicted octanol–water partition coefficient (Wildman–Crippen LogP) is 1.88. The Balaban J connectivity index is 2.18. The van der Waals surface area contributed by atoms with Crippen LogP contribution in [0.1, 0.15) is 31.2 Å². The van der Waals surface area contributed by atoms with E-state index in [0.29, 0.717) is 24.8 Å². The third-order valence-corrected chi connectivity index (χ3v) is 5.38. The fraction of sp³-hybridized carbons (Fsp3) is 0.600. The molecule has 1 saturated carbocycles. The number of hydrogen-bond acceptors (Lipinski definition) is 4. The normalized spacial score (nSPS) is 16.3. The number of sulfonamides is 1. The molecule has 21 heavy (non-hydrogen) atoms. The summed E-state index contributed by atoms with van der Waals surface area (Å²) in [5.74, 6) is 0.847. The molecule has 1 aliphatic rings. The maximum Gasteiger partial charge on any atom is 0.244 e. The highest BCUT2D eigenvalue weighted by atomic mass is 32.2. The molecule has 0 amide bonds. The van der Waals surface area contributed by atoms with Crippen LogP contribution in [0.2, 0.25) is 0 Å². The van der Waals surface area contributed by atoms with Gasteiger partial charge in [-0.1, -0.05) is 18.9 Å². The minimum atomic E-state index is -3.53. The Bertz CT molecular complexity index is 566. The summed E-state index contributed by atoms with van der Waals surface area (Å²) in [6, 6.07) is 5.24. The van der Waals surface area contributed by atoms with Gasteiger partial charge in [-0.25, -0.2) is 13.1 Å². The van der Waals surface area contributed by atoms with Gasteiger partial charge in [0.1, 0.15) is 10.6 Å². The van der Waals surface area contributed by atoms with E-state index in [0.717, 1.165) is 18.4 Å². The monoisotopic (exact) mass is 312 g/mol. The van der Waals surface area contributed by atoms with Crippen molar-refractivity contribution in [2.45, 2.75) is 37.1 Å². The lowest BCUT2D eigenvalue weighted by Gasteiger charge is -2.14. The van der Waals surface area contributed by atoms with Gasteiger partial charge in [0.15, 0.2) is 0 Å². The molecule has 0 spiro atoms. The maximum atomic E-state index is 12.5. The van der Waals surface area contributed by atoms with Crippen molar-refractivity contribution in [2.75, 3.05) is 20.7 Å². The van der Waals surface area contributed by atoms with Gasteiger partial charge in [-0.2, -0.15) is 0 Å². The van der Waals surface area contributed by atoms with Crippen LogP contribution in [-0.2, 0) is 16.6 Å². The zero-order valence-electron chi connectivity index (χ0n) is 12.7. The SMILES string of the molecule is CNCc1ccc(OC)c(S(=O)(=O)NCC2CCCC2)c1. The molecule has 5 nitrogen and oxygen atoms in total. The van der Waals surface area contributed by atoms with Crippen molar-refractivity contribution >= 4 is 10.0 Å². The molecule has 0 heterocycles. The van der Waals surface area contributed by atoms with Gasteiger partial charge in [-0.15, -0.1) is 0 Å². The summed E-state index contributed by atoms with van der Waals surface area (Å²) >= 11 is 0. The van der Waals surface area contributed by atoms with Crippen LogP contribution in [0.25, 0.3) is 0 Å². The molecule has 118 valence electrons. The van der Waals surface area contributed by atoms with E-state index in [4.69, 9.17) is 4.74 Å². The number of rotatable bonds is 7. The van der Waals surface area contributed by atoms with Crippen molar-refractivity contribution in [1.29, 1.82) is 0 Å². The van der Waals surface area contributed by atoms with Crippen LogP contribution in [-0.4, -0.2) is 29.1 Å². The number of methoxy groups -OCH3 is 1. The summed E-state index contributed by atoms with van der Waals surface area (Å²) in [4.78, 5) is 0.218. The first-order chi connectivity index (χ1) is 10.1. The summed E-state index contributed by atoms with van der Waals surface area (Å²) in [7, 11) is -0.215. The van der Waals surface area contributed by atoms with E-state index in [1.165, 1.54) is 20.0 Å². The van der Waals surface area contributed by atoms with Crippen LogP contribution in [0.3, 0.4) is 0 Å². The number of hydrogen-bond donors (Lipinski definition) is 2. The van der Waals surface area contributed by atoms with Gasteiger partial charge in [0, 0.05) is 13.1 Å². The van der Waals surface area contributed by atoms with Crippen molar-refractivity contribution in [1.82, 2.24) is 10.0 Å². The molecular weight excluding hydrogens is 288 g/mol. The molecule has 1 aliphatic carbocycles. The smallest absolute Gasteiger partial charge is 0.244 e. The fourth-order valence-electron chi connectivity index (χ4n) is 2.77. The van der Waals surface area contributed by atoms with Crippen molar-refractivity contribution in [3.05, 3.63) is 23.8 Å². The van der Waals surface area contributed by atoms with Crippen LogP contribution in [0, 0.1) is 5.92 Å². The van der Waals surface area contributed by atoms with E-state index in [9.17, 15) is 8.42 Å². The number of nitrogens with one attached hydrogen (secondary N) is 2. The van der Waals surface area contributed by atoms with Crippen LogP contribution < -0.4 is 14.8 Å². The molecule has 1 fully saturated rings. The summed E-state index contributed by atoms with van der Waals surface area (Å²) in [5, 5.41) is 3.02. The van der Waals surface area contributed by atoms with E-state index < -0.39 is 10.0 Å². The molecule has 1 aromatic carbocycles. The van der Waals surface area contributed by atoms with E-state index in [1.54, 1.807) is 12.1 Å². The average molecular weight is 312 g/mol. The topological polar surface area (TPSA) is 67.4 Å². The Morgan fingerprint density at radius 2 is 2.00 bits per heavy atom. The van der Waals surface area contributed by atoms with Crippen LogP contribution in [0.15, 0.2) is 23.1 Å². The van der Waals surface area contributed by atoms with Crippen molar-refractivity contribution in [2.24, 2.45) is 5.92 Å². The summed E-state index contributed by atoms with van der Waals surface area (Å²) in [5.41, 5.74) is 0.916. The van der Waals surface area contributed by atoms with Gasteiger partial charge in [-0.3, -0.25) is 0 Å². The Kier molecular flexibility index (Phi) is 5.61. The van der Waals surface area contributed by atoms with E-state index in [2.05, 4.69) is 10.0 Å². The number of benzene rings is 1. The van der Waals surface area contributed by atoms with E-state index in [-0.39, 0.29) is 4.90 Å². The molecule has 0 radical (unpaired) electrons. The largest absolute Gasteiger partial charge is 0.495 e. The lowest BCUT2D eigenvalue weighted by Crippen LogP contribution is -2.29. The second-order valence-electron chi connectivity index (χ2n) is 5.52. The summed E-state index contributed by atoms with van der Waals surface area (Å²) < 4.78 is 33.0. The highest BCUT2D eigenvalue weighted by molar-refractivity contribution is 7.89. The Labute approximate surface area is 127 Å². The van der Waals surface area contributed by atoms with Crippen LogP contribution >= 0.6 is 0 Å². The number of ether oxygens (including phenoxy) is 1. The standard InChI is InChI=1S/C15H24N2O3S/c1-16-10-13-7-8-14(20-2)15(9-13)21(18,19)17-11-12-5-3-4-6-12/h7-9,12,16-17H,3-6,10-11H2,1-2H3. The molecule has 1 aromatic rings. The molecular formula is C15H24N2O3S.